The molecule has 0 spiro atoms. The third-order valence-corrected chi connectivity index (χ3v) is 5.12. The Morgan fingerprint density at radius 3 is 2.67 bits per heavy atom. The lowest BCUT2D eigenvalue weighted by Gasteiger charge is -2.04. The van der Waals surface area contributed by atoms with Crippen LogP contribution >= 0.6 is 11.3 Å². The number of anilines is 1. The summed E-state index contributed by atoms with van der Waals surface area (Å²) >= 11 is 1.48. The smallest absolute Gasteiger partial charge is 0.265 e. The first kappa shape index (κ1) is 17.2. The zero-order valence-corrected chi connectivity index (χ0v) is 15.8. The molecule has 0 radical (unpaired) electrons. The van der Waals surface area contributed by atoms with Gasteiger partial charge in [0.2, 0.25) is 5.89 Å². The van der Waals surface area contributed by atoms with E-state index in [1.165, 1.54) is 11.3 Å². The summed E-state index contributed by atoms with van der Waals surface area (Å²) in [4.78, 5) is 18.6. The van der Waals surface area contributed by atoms with Crippen molar-refractivity contribution in [2.24, 2.45) is 0 Å². The van der Waals surface area contributed by atoms with Crippen LogP contribution in [0.1, 0.15) is 26.0 Å². The van der Waals surface area contributed by atoms with Gasteiger partial charge in [0, 0.05) is 28.5 Å². The largest absolute Gasteiger partial charge is 0.441 e. The third kappa shape index (κ3) is 3.83. The number of thiophene rings is 1. The number of aryl methyl sites for hydroxylation is 2. The second-order valence-corrected chi connectivity index (χ2v) is 7.46. The molecule has 4 aromatic rings. The molecule has 6 nitrogen and oxygen atoms in total. The standard InChI is InChI=1S/C20H18N4O2S/c1-13-4-9-18(27-13)19(25)22-16-7-5-15(6-8-16)20-23-17(14(2)26-20)12-24-11-3-10-21-24/h3-11H,12H2,1-2H3,(H,22,25). The summed E-state index contributed by atoms with van der Waals surface area (Å²) in [6.07, 6.45) is 3.63. The molecule has 3 heterocycles. The highest BCUT2D eigenvalue weighted by Crippen LogP contribution is 2.24. The van der Waals surface area contributed by atoms with Crippen molar-refractivity contribution < 1.29 is 9.21 Å². The fraction of sp³-hybridized carbons (Fsp3) is 0.150. The Kier molecular flexibility index (Phi) is 4.60. The van der Waals surface area contributed by atoms with Crippen molar-refractivity contribution in [2.45, 2.75) is 20.4 Å². The maximum absolute atomic E-state index is 12.2. The minimum atomic E-state index is -0.102. The number of nitrogens with one attached hydrogen (secondary N) is 1. The first-order valence-electron chi connectivity index (χ1n) is 8.50. The molecule has 0 saturated carbocycles. The number of nitrogens with zero attached hydrogens (tertiary/aromatic N) is 3. The van der Waals surface area contributed by atoms with E-state index in [2.05, 4.69) is 15.4 Å². The van der Waals surface area contributed by atoms with Crippen LogP contribution in [0.3, 0.4) is 0 Å². The van der Waals surface area contributed by atoms with Gasteiger partial charge in [0.05, 0.1) is 11.4 Å². The molecule has 1 aromatic carbocycles. The molecule has 4 rings (SSSR count). The lowest BCUT2D eigenvalue weighted by molar-refractivity contribution is 0.103. The maximum Gasteiger partial charge on any atom is 0.265 e. The van der Waals surface area contributed by atoms with Crippen LogP contribution in [0.15, 0.2) is 59.3 Å². The van der Waals surface area contributed by atoms with Gasteiger partial charge in [-0.3, -0.25) is 9.48 Å². The summed E-state index contributed by atoms with van der Waals surface area (Å²) in [6, 6.07) is 13.1. The Hall–Kier alpha value is -3.19. The molecular weight excluding hydrogens is 360 g/mol. The van der Waals surface area contributed by atoms with E-state index in [0.717, 1.165) is 27.6 Å². The van der Waals surface area contributed by atoms with Gasteiger partial charge >= 0.3 is 0 Å². The van der Waals surface area contributed by atoms with Gasteiger partial charge in [-0.1, -0.05) is 0 Å². The highest BCUT2D eigenvalue weighted by Gasteiger charge is 2.13. The van der Waals surface area contributed by atoms with E-state index >= 15 is 0 Å². The molecule has 0 aliphatic rings. The van der Waals surface area contributed by atoms with Crippen LogP contribution < -0.4 is 5.32 Å². The number of hydrogen-bond acceptors (Lipinski definition) is 5. The average molecular weight is 378 g/mol. The lowest BCUT2D eigenvalue weighted by Crippen LogP contribution is -2.09. The molecule has 1 amide bonds. The van der Waals surface area contributed by atoms with E-state index in [1.807, 2.05) is 62.5 Å². The van der Waals surface area contributed by atoms with Crippen LogP contribution in [-0.4, -0.2) is 20.7 Å². The van der Waals surface area contributed by atoms with Crippen LogP contribution in [-0.2, 0) is 6.54 Å². The van der Waals surface area contributed by atoms with Crippen molar-refractivity contribution in [2.75, 3.05) is 5.32 Å². The summed E-state index contributed by atoms with van der Waals surface area (Å²) in [6.45, 7) is 4.44. The van der Waals surface area contributed by atoms with E-state index in [-0.39, 0.29) is 5.91 Å². The van der Waals surface area contributed by atoms with Crippen molar-refractivity contribution in [3.8, 4) is 11.5 Å². The summed E-state index contributed by atoms with van der Waals surface area (Å²) in [5, 5.41) is 7.10. The summed E-state index contributed by atoms with van der Waals surface area (Å²) in [5.74, 6) is 1.22. The Bertz CT molecular complexity index is 1060. The van der Waals surface area contributed by atoms with E-state index in [9.17, 15) is 4.79 Å². The van der Waals surface area contributed by atoms with Crippen LogP contribution in [0.25, 0.3) is 11.5 Å². The number of rotatable bonds is 5. The molecule has 3 aromatic heterocycles. The number of hydrogen-bond donors (Lipinski definition) is 1. The number of aromatic nitrogens is 3. The SMILES string of the molecule is Cc1ccc(C(=O)Nc2ccc(-c3nc(Cn4cccn4)c(C)o3)cc2)s1. The van der Waals surface area contributed by atoms with Crippen molar-refractivity contribution in [1.82, 2.24) is 14.8 Å². The third-order valence-electron chi connectivity index (χ3n) is 4.12. The van der Waals surface area contributed by atoms with Crippen molar-refractivity contribution >= 4 is 22.9 Å². The molecule has 27 heavy (non-hydrogen) atoms. The topological polar surface area (TPSA) is 73.0 Å². The van der Waals surface area contributed by atoms with Crippen LogP contribution in [0, 0.1) is 13.8 Å². The fourth-order valence-corrected chi connectivity index (χ4v) is 3.45. The van der Waals surface area contributed by atoms with E-state index in [0.29, 0.717) is 17.3 Å². The molecule has 0 bridgehead atoms. The Morgan fingerprint density at radius 2 is 2.00 bits per heavy atom. The van der Waals surface area contributed by atoms with Gasteiger partial charge in [-0.15, -0.1) is 11.3 Å². The first-order chi connectivity index (χ1) is 13.1. The van der Waals surface area contributed by atoms with Gasteiger partial charge in [-0.25, -0.2) is 4.98 Å². The molecule has 0 aliphatic heterocycles. The maximum atomic E-state index is 12.2. The number of oxazole rings is 1. The highest BCUT2D eigenvalue weighted by atomic mass is 32.1. The van der Waals surface area contributed by atoms with Gasteiger partial charge < -0.3 is 9.73 Å². The van der Waals surface area contributed by atoms with Crippen molar-refractivity contribution in [1.29, 1.82) is 0 Å². The Labute approximate surface area is 160 Å². The second-order valence-electron chi connectivity index (χ2n) is 6.17. The molecular formula is C20H18N4O2S. The predicted molar refractivity (Wildman–Crippen MR) is 105 cm³/mol. The van der Waals surface area contributed by atoms with Gasteiger partial charge in [0.15, 0.2) is 0 Å². The molecule has 136 valence electrons. The number of carbonyl (C=O) groups excluding carboxylic acids is 1. The molecule has 7 heteroatoms. The summed E-state index contributed by atoms with van der Waals surface area (Å²) < 4.78 is 7.61. The first-order valence-corrected chi connectivity index (χ1v) is 9.32. The van der Waals surface area contributed by atoms with Crippen molar-refractivity contribution in [3.63, 3.8) is 0 Å². The van der Waals surface area contributed by atoms with Gasteiger partial charge in [-0.05, 0) is 56.3 Å². The Balaban J connectivity index is 1.48. The number of benzene rings is 1. The van der Waals surface area contributed by atoms with Gasteiger partial charge in [-0.2, -0.15) is 5.10 Å². The molecule has 0 saturated heterocycles. The highest BCUT2D eigenvalue weighted by molar-refractivity contribution is 7.14. The Morgan fingerprint density at radius 1 is 1.19 bits per heavy atom. The summed E-state index contributed by atoms with van der Waals surface area (Å²) in [7, 11) is 0. The minimum absolute atomic E-state index is 0.102. The fourth-order valence-electron chi connectivity index (χ4n) is 2.69. The van der Waals surface area contributed by atoms with Gasteiger partial charge in [0.25, 0.3) is 5.91 Å². The molecule has 0 unspecified atom stereocenters. The average Bonchev–Trinajstić information content (AvgIpc) is 3.39. The molecule has 0 aliphatic carbocycles. The monoisotopic (exact) mass is 378 g/mol. The number of amides is 1. The van der Waals surface area contributed by atoms with Crippen LogP contribution in [0.2, 0.25) is 0 Å². The minimum Gasteiger partial charge on any atom is -0.441 e. The molecule has 0 atom stereocenters. The van der Waals surface area contributed by atoms with E-state index in [4.69, 9.17) is 4.42 Å². The van der Waals surface area contributed by atoms with Crippen LogP contribution in [0.4, 0.5) is 5.69 Å². The quantitative estimate of drug-likeness (QED) is 0.554. The van der Waals surface area contributed by atoms with Crippen molar-refractivity contribution in [3.05, 3.63) is 76.1 Å². The van der Waals surface area contributed by atoms with Crippen LogP contribution in [0.5, 0.6) is 0 Å². The normalized spacial score (nSPS) is 10.9. The summed E-state index contributed by atoms with van der Waals surface area (Å²) in [5.41, 5.74) is 2.43. The number of carbonyl (C=O) groups is 1. The van der Waals surface area contributed by atoms with E-state index < -0.39 is 0 Å². The zero-order valence-electron chi connectivity index (χ0n) is 15.0. The lowest BCUT2D eigenvalue weighted by atomic mass is 10.2. The molecule has 0 fully saturated rings. The molecule has 1 N–H and O–H groups in total. The predicted octanol–water partition coefficient (Wildman–Crippen LogP) is 4.52. The zero-order chi connectivity index (χ0) is 18.8. The second kappa shape index (κ2) is 7.20. The van der Waals surface area contributed by atoms with Gasteiger partial charge in [0.1, 0.15) is 11.5 Å². The van der Waals surface area contributed by atoms with E-state index in [1.54, 1.807) is 10.9 Å².